The molecular formula is C13H21N3S. The van der Waals surface area contributed by atoms with Gasteiger partial charge in [-0.2, -0.15) is 0 Å². The second kappa shape index (κ2) is 4.94. The van der Waals surface area contributed by atoms with Crippen LogP contribution in [0.4, 0.5) is 5.13 Å². The molecule has 0 unspecified atom stereocenters. The summed E-state index contributed by atoms with van der Waals surface area (Å²) in [6.45, 7) is 3.36. The Kier molecular flexibility index (Phi) is 3.34. The van der Waals surface area contributed by atoms with E-state index in [0.29, 0.717) is 0 Å². The van der Waals surface area contributed by atoms with Gasteiger partial charge in [-0.25, -0.2) is 4.98 Å². The smallest absolute Gasteiger partial charge is 0.185 e. The minimum Gasteiger partial charge on any atom is -0.348 e. The molecule has 0 radical (unpaired) electrons. The van der Waals surface area contributed by atoms with E-state index in [2.05, 4.69) is 15.6 Å². The zero-order chi connectivity index (χ0) is 11.7. The second-order valence-electron chi connectivity index (χ2n) is 5.44. The first-order valence-corrected chi connectivity index (χ1v) is 7.57. The molecule has 2 fully saturated rings. The summed E-state index contributed by atoms with van der Waals surface area (Å²) in [6.07, 6.45) is 5.71. The topological polar surface area (TPSA) is 28.2 Å². The highest BCUT2D eigenvalue weighted by molar-refractivity contribution is 7.13. The Morgan fingerprint density at radius 1 is 1.29 bits per heavy atom. The number of aromatic nitrogens is 1. The summed E-state index contributed by atoms with van der Waals surface area (Å²) < 4.78 is 0. The predicted octanol–water partition coefficient (Wildman–Crippen LogP) is 2.49. The number of hydrogen-bond donors (Lipinski definition) is 1. The van der Waals surface area contributed by atoms with Crippen LogP contribution in [-0.4, -0.2) is 25.1 Å². The summed E-state index contributed by atoms with van der Waals surface area (Å²) in [6, 6.07) is 0. The Morgan fingerprint density at radius 2 is 1.94 bits per heavy atom. The normalized spacial score (nSPS) is 19.6. The van der Waals surface area contributed by atoms with Crippen molar-refractivity contribution < 1.29 is 0 Å². The van der Waals surface area contributed by atoms with Crippen molar-refractivity contribution in [3.8, 4) is 0 Å². The van der Waals surface area contributed by atoms with E-state index in [0.717, 1.165) is 18.4 Å². The Morgan fingerprint density at radius 3 is 2.47 bits per heavy atom. The summed E-state index contributed by atoms with van der Waals surface area (Å²) in [5.74, 6) is 1.90. The van der Waals surface area contributed by atoms with Crippen molar-refractivity contribution in [2.24, 2.45) is 11.8 Å². The number of nitrogens with one attached hydrogen (secondary N) is 1. The molecule has 2 aliphatic rings. The summed E-state index contributed by atoms with van der Waals surface area (Å²) in [7, 11) is 1.98. The molecule has 1 N–H and O–H groups in total. The molecule has 0 amide bonds. The van der Waals surface area contributed by atoms with Crippen molar-refractivity contribution in [1.82, 2.24) is 10.3 Å². The molecular weight excluding hydrogens is 230 g/mol. The number of anilines is 1. The first-order valence-electron chi connectivity index (χ1n) is 6.69. The number of thiazole rings is 1. The van der Waals surface area contributed by atoms with Crippen molar-refractivity contribution >= 4 is 16.5 Å². The van der Waals surface area contributed by atoms with Crippen LogP contribution < -0.4 is 10.2 Å². The van der Waals surface area contributed by atoms with E-state index in [1.165, 1.54) is 49.6 Å². The highest BCUT2D eigenvalue weighted by atomic mass is 32.1. The second-order valence-corrected chi connectivity index (χ2v) is 6.28. The van der Waals surface area contributed by atoms with E-state index in [1.54, 1.807) is 0 Å². The van der Waals surface area contributed by atoms with Gasteiger partial charge in [0.2, 0.25) is 0 Å². The Labute approximate surface area is 107 Å². The SMILES string of the molecule is CNCc1csc(N(CC2CC2)CC2CC2)n1. The van der Waals surface area contributed by atoms with Crippen molar-refractivity contribution in [3.63, 3.8) is 0 Å². The third-order valence-electron chi connectivity index (χ3n) is 3.52. The first-order chi connectivity index (χ1) is 8.35. The van der Waals surface area contributed by atoms with Crippen molar-refractivity contribution in [3.05, 3.63) is 11.1 Å². The first kappa shape index (κ1) is 11.5. The molecule has 1 aromatic rings. The molecule has 0 aromatic carbocycles. The van der Waals surface area contributed by atoms with Crippen LogP contribution in [0, 0.1) is 11.8 Å². The molecule has 0 bridgehead atoms. The van der Waals surface area contributed by atoms with Gasteiger partial charge in [-0.05, 0) is 44.6 Å². The maximum Gasteiger partial charge on any atom is 0.185 e. The van der Waals surface area contributed by atoms with Gasteiger partial charge in [0.05, 0.1) is 5.69 Å². The lowest BCUT2D eigenvalue weighted by atomic mass is 10.3. The lowest BCUT2D eigenvalue weighted by Crippen LogP contribution is -2.28. The van der Waals surface area contributed by atoms with Gasteiger partial charge in [0.15, 0.2) is 5.13 Å². The van der Waals surface area contributed by atoms with E-state index in [1.807, 2.05) is 18.4 Å². The van der Waals surface area contributed by atoms with Crippen molar-refractivity contribution in [2.75, 3.05) is 25.0 Å². The number of rotatable bonds is 7. The highest BCUT2D eigenvalue weighted by Gasteiger charge is 2.30. The molecule has 1 heterocycles. The van der Waals surface area contributed by atoms with Crippen LogP contribution in [0.15, 0.2) is 5.38 Å². The van der Waals surface area contributed by atoms with E-state index in [4.69, 9.17) is 4.98 Å². The van der Waals surface area contributed by atoms with Gasteiger partial charge < -0.3 is 10.2 Å². The summed E-state index contributed by atoms with van der Waals surface area (Å²) >= 11 is 1.81. The van der Waals surface area contributed by atoms with Gasteiger partial charge in [0.1, 0.15) is 0 Å². The van der Waals surface area contributed by atoms with Crippen LogP contribution in [0.25, 0.3) is 0 Å². The van der Waals surface area contributed by atoms with E-state index in [-0.39, 0.29) is 0 Å². The third-order valence-corrected chi connectivity index (χ3v) is 4.47. The van der Waals surface area contributed by atoms with Gasteiger partial charge in [0.25, 0.3) is 0 Å². The molecule has 1 aromatic heterocycles. The van der Waals surface area contributed by atoms with Gasteiger partial charge in [-0.15, -0.1) is 11.3 Å². The van der Waals surface area contributed by atoms with Gasteiger partial charge in [-0.3, -0.25) is 0 Å². The molecule has 2 aliphatic carbocycles. The monoisotopic (exact) mass is 251 g/mol. The molecule has 3 nitrogen and oxygen atoms in total. The number of nitrogens with zero attached hydrogens (tertiary/aromatic N) is 2. The summed E-state index contributed by atoms with van der Waals surface area (Å²) in [5, 5.41) is 6.61. The molecule has 0 spiro atoms. The number of hydrogen-bond acceptors (Lipinski definition) is 4. The zero-order valence-electron chi connectivity index (χ0n) is 10.5. The molecule has 3 rings (SSSR count). The molecule has 94 valence electrons. The van der Waals surface area contributed by atoms with Crippen LogP contribution in [-0.2, 0) is 6.54 Å². The standard InChI is InChI=1S/C13H21N3S/c1-14-6-12-9-17-13(15-12)16(7-10-2-3-10)8-11-4-5-11/h9-11,14H,2-8H2,1H3. The fourth-order valence-electron chi connectivity index (χ4n) is 2.16. The van der Waals surface area contributed by atoms with Gasteiger partial charge in [-0.1, -0.05) is 0 Å². The average molecular weight is 251 g/mol. The van der Waals surface area contributed by atoms with Crippen LogP contribution in [0.3, 0.4) is 0 Å². The van der Waals surface area contributed by atoms with Gasteiger partial charge >= 0.3 is 0 Å². The Hall–Kier alpha value is -0.610. The van der Waals surface area contributed by atoms with Crippen molar-refractivity contribution in [1.29, 1.82) is 0 Å². The van der Waals surface area contributed by atoms with Gasteiger partial charge in [0, 0.05) is 25.0 Å². The minimum absolute atomic E-state index is 0.886. The maximum absolute atomic E-state index is 4.74. The molecule has 0 aliphatic heterocycles. The van der Waals surface area contributed by atoms with Crippen LogP contribution in [0.5, 0.6) is 0 Å². The fraction of sp³-hybridized carbons (Fsp3) is 0.769. The van der Waals surface area contributed by atoms with E-state index >= 15 is 0 Å². The Balaban J connectivity index is 1.65. The largest absolute Gasteiger partial charge is 0.348 e. The molecule has 0 saturated heterocycles. The minimum atomic E-state index is 0.886. The summed E-state index contributed by atoms with van der Waals surface area (Å²) in [4.78, 5) is 7.28. The summed E-state index contributed by atoms with van der Waals surface area (Å²) in [5.41, 5.74) is 1.18. The maximum atomic E-state index is 4.74. The molecule has 4 heteroatoms. The van der Waals surface area contributed by atoms with Crippen LogP contribution in [0.2, 0.25) is 0 Å². The predicted molar refractivity (Wildman–Crippen MR) is 72.5 cm³/mol. The van der Waals surface area contributed by atoms with E-state index in [9.17, 15) is 0 Å². The Bertz CT molecular complexity index is 354. The zero-order valence-corrected chi connectivity index (χ0v) is 11.3. The average Bonchev–Trinajstić information content (AvgIpc) is 3.23. The third kappa shape index (κ3) is 3.19. The quantitative estimate of drug-likeness (QED) is 0.807. The van der Waals surface area contributed by atoms with Crippen molar-refractivity contribution in [2.45, 2.75) is 32.2 Å². The fourth-order valence-corrected chi connectivity index (χ4v) is 3.00. The lowest BCUT2D eigenvalue weighted by Gasteiger charge is -2.21. The molecule has 0 atom stereocenters. The van der Waals surface area contributed by atoms with E-state index < -0.39 is 0 Å². The molecule has 2 saturated carbocycles. The van der Waals surface area contributed by atoms with Crippen LogP contribution in [0.1, 0.15) is 31.4 Å². The van der Waals surface area contributed by atoms with Crippen LogP contribution >= 0.6 is 11.3 Å². The lowest BCUT2D eigenvalue weighted by molar-refractivity contribution is 0.675. The highest BCUT2D eigenvalue weighted by Crippen LogP contribution is 2.36. The molecule has 17 heavy (non-hydrogen) atoms.